The van der Waals surface area contributed by atoms with Crippen LogP contribution in [0, 0.1) is 5.92 Å². The van der Waals surface area contributed by atoms with Gasteiger partial charge in [-0.05, 0) is 53.8 Å². The lowest BCUT2D eigenvalue weighted by Gasteiger charge is -2.31. The predicted molar refractivity (Wildman–Crippen MR) is 90.2 cm³/mol. The zero-order valence-corrected chi connectivity index (χ0v) is 15.1. The first kappa shape index (κ1) is 15.8. The van der Waals surface area contributed by atoms with Gasteiger partial charge >= 0.3 is 0 Å². The Morgan fingerprint density at radius 3 is 2.59 bits per heavy atom. The topological polar surface area (TPSA) is 0 Å². The standard InChI is InChI=1S/C20H24N.BrH/c1-3-21(4-2)13-17-11-16-10-9-15-7-5-6-8-19(15)20(16)12-18(17)14-21;/h5-10,12,17H,3-4,11,13-14H2,1-2H3;1H/q+1;/p-1. The summed E-state index contributed by atoms with van der Waals surface area (Å²) in [5.41, 5.74) is 4.74. The fourth-order valence-corrected chi connectivity index (χ4v) is 4.37. The Morgan fingerprint density at radius 1 is 1.05 bits per heavy atom. The molecule has 0 radical (unpaired) electrons. The van der Waals surface area contributed by atoms with E-state index in [0.717, 1.165) is 5.92 Å². The van der Waals surface area contributed by atoms with E-state index in [2.05, 4.69) is 56.3 Å². The van der Waals surface area contributed by atoms with Crippen molar-refractivity contribution in [3.8, 4) is 0 Å². The first-order chi connectivity index (χ1) is 10.2. The van der Waals surface area contributed by atoms with Crippen LogP contribution in [0.15, 0.2) is 42.0 Å². The van der Waals surface area contributed by atoms with Crippen molar-refractivity contribution in [3.05, 3.63) is 53.1 Å². The average molecular weight is 358 g/mol. The van der Waals surface area contributed by atoms with Gasteiger partial charge in [-0.15, -0.1) is 0 Å². The number of rotatable bonds is 2. The van der Waals surface area contributed by atoms with Crippen molar-refractivity contribution in [1.82, 2.24) is 0 Å². The van der Waals surface area contributed by atoms with Crippen LogP contribution in [-0.4, -0.2) is 30.7 Å². The quantitative estimate of drug-likeness (QED) is 0.710. The summed E-state index contributed by atoms with van der Waals surface area (Å²) >= 11 is 0. The van der Waals surface area contributed by atoms with Crippen LogP contribution in [-0.2, 0) is 6.42 Å². The molecule has 0 saturated carbocycles. The van der Waals surface area contributed by atoms with Crippen molar-refractivity contribution in [1.29, 1.82) is 0 Å². The molecule has 4 rings (SSSR count). The van der Waals surface area contributed by atoms with Gasteiger partial charge < -0.3 is 21.5 Å². The van der Waals surface area contributed by atoms with E-state index in [4.69, 9.17) is 0 Å². The molecule has 0 spiro atoms. The molecule has 1 nitrogen and oxygen atoms in total. The summed E-state index contributed by atoms with van der Waals surface area (Å²) in [6.45, 7) is 9.84. The van der Waals surface area contributed by atoms with Gasteiger partial charge in [0.25, 0.3) is 0 Å². The minimum Gasteiger partial charge on any atom is -1.00 e. The molecule has 0 amide bonds. The van der Waals surface area contributed by atoms with Crippen LogP contribution >= 0.6 is 0 Å². The minimum atomic E-state index is 0. The summed E-state index contributed by atoms with van der Waals surface area (Å²) < 4.78 is 1.28. The zero-order chi connectivity index (χ0) is 14.4. The van der Waals surface area contributed by atoms with Crippen molar-refractivity contribution in [2.75, 3.05) is 26.2 Å². The summed E-state index contributed by atoms with van der Waals surface area (Å²) in [5.74, 6) is 0.776. The highest BCUT2D eigenvalue weighted by molar-refractivity contribution is 5.93. The monoisotopic (exact) mass is 357 g/mol. The maximum Gasteiger partial charge on any atom is 0.101 e. The first-order valence-electron chi connectivity index (χ1n) is 8.31. The molecule has 1 saturated heterocycles. The van der Waals surface area contributed by atoms with Gasteiger partial charge in [-0.25, -0.2) is 0 Å². The van der Waals surface area contributed by atoms with Gasteiger partial charge in [0.15, 0.2) is 0 Å². The molecule has 116 valence electrons. The van der Waals surface area contributed by atoms with Gasteiger partial charge in [0.2, 0.25) is 0 Å². The van der Waals surface area contributed by atoms with Crippen molar-refractivity contribution in [2.24, 2.45) is 5.92 Å². The van der Waals surface area contributed by atoms with Gasteiger partial charge in [0.1, 0.15) is 6.54 Å². The van der Waals surface area contributed by atoms with E-state index >= 15 is 0 Å². The second-order valence-electron chi connectivity index (χ2n) is 6.79. The lowest BCUT2D eigenvalue weighted by molar-refractivity contribution is -0.912. The molecule has 0 N–H and O–H groups in total. The number of fused-ring (bicyclic) bond motifs is 4. The maximum atomic E-state index is 2.52. The summed E-state index contributed by atoms with van der Waals surface area (Å²) in [6.07, 6.45) is 3.77. The molecule has 0 aromatic heterocycles. The van der Waals surface area contributed by atoms with Crippen LogP contribution in [0.25, 0.3) is 16.8 Å². The Bertz CT molecular complexity index is 728. The van der Waals surface area contributed by atoms with E-state index in [0.29, 0.717) is 0 Å². The highest BCUT2D eigenvalue weighted by Crippen LogP contribution is 2.39. The Hall–Kier alpha value is -1.12. The van der Waals surface area contributed by atoms with Crippen molar-refractivity contribution in [2.45, 2.75) is 20.3 Å². The SMILES string of the molecule is CC[N+]1(CC)CC2=Cc3c(ccc4ccccc34)CC2C1.[Br-]. The Balaban J connectivity index is 0.00000144. The molecule has 2 aromatic carbocycles. The third kappa shape index (κ3) is 2.33. The Kier molecular flexibility index (Phi) is 4.17. The summed E-state index contributed by atoms with van der Waals surface area (Å²) in [5, 5.41) is 2.80. The van der Waals surface area contributed by atoms with Crippen LogP contribution in [0.5, 0.6) is 0 Å². The molecule has 1 unspecified atom stereocenters. The van der Waals surface area contributed by atoms with Crippen LogP contribution in [0.1, 0.15) is 25.0 Å². The lowest BCUT2D eigenvalue weighted by Crippen LogP contribution is -3.00. The summed E-state index contributed by atoms with van der Waals surface area (Å²) in [7, 11) is 0. The third-order valence-electron chi connectivity index (χ3n) is 5.85. The predicted octanol–water partition coefficient (Wildman–Crippen LogP) is 1.27. The fraction of sp³-hybridized carbons (Fsp3) is 0.400. The van der Waals surface area contributed by atoms with Gasteiger partial charge in [-0.2, -0.15) is 0 Å². The molecule has 1 atom stereocenters. The smallest absolute Gasteiger partial charge is 0.101 e. The van der Waals surface area contributed by atoms with E-state index in [1.54, 1.807) is 11.1 Å². The molecule has 1 heterocycles. The number of hydrogen-bond donors (Lipinski definition) is 0. The van der Waals surface area contributed by atoms with E-state index < -0.39 is 0 Å². The van der Waals surface area contributed by atoms with Gasteiger partial charge in [-0.3, -0.25) is 0 Å². The summed E-state index contributed by atoms with van der Waals surface area (Å²) in [4.78, 5) is 0. The molecule has 1 aliphatic heterocycles. The van der Waals surface area contributed by atoms with Crippen molar-refractivity contribution in [3.63, 3.8) is 0 Å². The van der Waals surface area contributed by atoms with E-state index in [9.17, 15) is 0 Å². The first-order valence-corrected chi connectivity index (χ1v) is 8.31. The Morgan fingerprint density at radius 2 is 1.82 bits per heavy atom. The van der Waals surface area contributed by atoms with Crippen LogP contribution in [0.2, 0.25) is 0 Å². The number of quaternary nitrogens is 1. The highest BCUT2D eigenvalue weighted by atomic mass is 79.9. The number of halogens is 1. The largest absolute Gasteiger partial charge is 1.00 e. The van der Waals surface area contributed by atoms with Crippen LogP contribution in [0.4, 0.5) is 0 Å². The van der Waals surface area contributed by atoms with Crippen LogP contribution in [0.3, 0.4) is 0 Å². The van der Waals surface area contributed by atoms with Gasteiger partial charge in [0, 0.05) is 5.92 Å². The highest BCUT2D eigenvalue weighted by Gasteiger charge is 2.41. The number of nitrogens with zero attached hydrogens (tertiary/aromatic N) is 1. The van der Waals surface area contributed by atoms with E-state index in [1.807, 2.05) is 0 Å². The second-order valence-corrected chi connectivity index (χ2v) is 6.79. The third-order valence-corrected chi connectivity index (χ3v) is 5.85. The number of benzene rings is 2. The van der Waals surface area contributed by atoms with Gasteiger partial charge in [0.05, 0.1) is 19.6 Å². The normalized spacial score (nSPS) is 21.7. The molecule has 0 bridgehead atoms. The van der Waals surface area contributed by atoms with E-state index in [1.165, 1.54) is 53.4 Å². The zero-order valence-electron chi connectivity index (χ0n) is 13.5. The molecule has 1 fully saturated rings. The fourth-order valence-electron chi connectivity index (χ4n) is 4.37. The van der Waals surface area contributed by atoms with Crippen LogP contribution < -0.4 is 17.0 Å². The average Bonchev–Trinajstić information content (AvgIpc) is 2.91. The molecule has 2 aromatic rings. The molecular formula is C20H24BrN. The molecular weight excluding hydrogens is 334 g/mol. The molecule has 2 heteroatoms. The second kappa shape index (κ2) is 5.82. The number of hydrogen-bond acceptors (Lipinski definition) is 0. The lowest BCUT2D eigenvalue weighted by atomic mass is 9.83. The van der Waals surface area contributed by atoms with Crippen molar-refractivity contribution >= 4 is 16.8 Å². The summed E-state index contributed by atoms with van der Waals surface area (Å²) in [6, 6.07) is 13.5. The molecule has 1 aliphatic carbocycles. The molecule has 22 heavy (non-hydrogen) atoms. The van der Waals surface area contributed by atoms with Gasteiger partial charge in [-0.1, -0.05) is 36.4 Å². The molecule has 2 aliphatic rings. The Labute approximate surface area is 144 Å². The minimum absolute atomic E-state index is 0. The number of likely N-dealkylation sites (N-methyl/N-ethyl adjacent to an activating group) is 1. The van der Waals surface area contributed by atoms with Crippen molar-refractivity contribution < 1.29 is 21.5 Å². The number of likely N-dealkylation sites (tertiary alicyclic amines) is 1. The maximum absolute atomic E-state index is 2.52. The van der Waals surface area contributed by atoms with E-state index in [-0.39, 0.29) is 17.0 Å².